The molecule has 0 aromatic heterocycles. The summed E-state index contributed by atoms with van der Waals surface area (Å²) in [6, 6.07) is 7.27. The molecule has 57 valence electrons. The van der Waals surface area contributed by atoms with Crippen LogP contribution in [0.5, 0.6) is 5.75 Å². The lowest BCUT2D eigenvalue weighted by Gasteiger charge is -1.97. The lowest BCUT2D eigenvalue weighted by atomic mass is 10.1. The van der Waals surface area contributed by atoms with Gasteiger partial charge in [-0.25, -0.2) is 0 Å². The molecular formula is C10H11O. The van der Waals surface area contributed by atoms with Gasteiger partial charge in [0.1, 0.15) is 5.75 Å². The fourth-order valence-corrected chi connectivity index (χ4v) is 0.839. The Hall–Kier alpha value is -1.24. The third-order valence-electron chi connectivity index (χ3n) is 1.36. The van der Waals surface area contributed by atoms with Crippen LogP contribution in [0.1, 0.15) is 5.56 Å². The maximum atomic E-state index is 9.19. The van der Waals surface area contributed by atoms with Gasteiger partial charge in [-0.15, -0.1) is 6.58 Å². The van der Waals surface area contributed by atoms with Crippen LogP contribution in [-0.4, -0.2) is 5.11 Å². The Morgan fingerprint density at radius 3 is 2.55 bits per heavy atom. The number of phenols is 1. The number of aromatic hydroxyl groups is 1. The van der Waals surface area contributed by atoms with Crippen LogP contribution in [0.3, 0.4) is 0 Å². The highest BCUT2D eigenvalue weighted by molar-refractivity contribution is 5.32. The molecule has 1 aromatic carbocycles. The second-order valence-electron chi connectivity index (χ2n) is 2.12. The number of rotatable bonds is 2. The summed E-state index contributed by atoms with van der Waals surface area (Å²) in [7, 11) is 0. The molecule has 0 aliphatic rings. The highest BCUT2D eigenvalue weighted by Crippen LogP contribution is 2.15. The van der Waals surface area contributed by atoms with Crippen molar-refractivity contribution in [2.24, 2.45) is 0 Å². The Morgan fingerprint density at radius 1 is 1.36 bits per heavy atom. The first kappa shape index (κ1) is 9.76. The molecule has 0 aliphatic carbocycles. The molecule has 0 unspecified atom stereocenters. The van der Waals surface area contributed by atoms with Crippen molar-refractivity contribution in [1.82, 2.24) is 0 Å². The van der Waals surface area contributed by atoms with E-state index in [1.165, 1.54) is 0 Å². The molecule has 0 heterocycles. The van der Waals surface area contributed by atoms with Crippen LogP contribution in [0.25, 0.3) is 0 Å². The molecule has 3 radical (unpaired) electrons. The van der Waals surface area contributed by atoms with Gasteiger partial charge in [0, 0.05) is 0 Å². The van der Waals surface area contributed by atoms with Crippen LogP contribution < -0.4 is 0 Å². The zero-order valence-corrected chi connectivity index (χ0v) is 6.33. The minimum Gasteiger partial charge on any atom is -0.508 e. The van der Waals surface area contributed by atoms with E-state index in [2.05, 4.69) is 6.58 Å². The third-order valence-corrected chi connectivity index (χ3v) is 1.36. The average Bonchev–Trinajstić information content (AvgIpc) is 1.94. The Kier molecular flexibility index (Phi) is 4.04. The second-order valence-corrected chi connectivity index (χ2v) is 2.12. The Bertz CT molecular complexity index is 228. The molecule has 0 bridgehead atoms. The van der Waals surface area contributed by atoms with Gasteiger partial charge in [0.25, 0.3) is 0 Å². The van der Waals surface area contributed by atoms with Crippen molar-refractivity contribution in [3.05, 3.63) is 49.9 Å². The predicted molar refractivity (Wildman–Crippen MR) is 46.3 cm³/mol. The lowest BCUT2D eigenvalue weighted by Crippen LogP contribution is -1.79. The molecule has 1 N–H and O–H groups in total. The van der Waals surface area contributed by atoms with Crippen molar-refractivity contribution in [2.45, 2.75) is 6.42 Å². The van der Waals surface area contributed by atoms with Crippen LogP contribution in [0, 0.1) is 7.43 Å². The quantitative estimate of drug-likeness (QED) is 0.636. The number of benzene rings is 1. The van der Waals surface area contributed by atoms with Gasteiger partial charge in [-0.1, -0.05) is 24.3 Å². The van der Waals surface area contributed by atoms with Gasteiger partial charge in [-0.2, -0.15) is 0 Å². The van der Waals surface area contributed by atoms with E-state index in [9.17, 15) is 5.11 Å². The number of hydrogen-bond donors (Lipinski definition) is 1. The number of hydrogen-bond acceptors (Lipinski definition) is 1. The fraction of sp³-hybridized carbons (Fsp3) is 0.100. The van der Waals surface area contributed by atoms with Gasteiger partial charge < -0.3 is 5.11 Å². The molecule has 0 fully saturated rings. The fourth-order valence-electron chi connectivity index (χ4n) is 0.839. The van der Waals surface area contributed by atoms with E-state index >= 15 is 0 Å². The Morgan fingerprint density at radius 2 is 2.00 bits per heavy atom. The molecule has 1 nitrogen and oxygen atoms in total. The molecule has 1 aromatic rings. The first-order chi connectivity index (χ1) is 4.84. The summed E-state index contributed by atoms with van der Waals surface area (Å²) in [5.41, 5.74) is 0.928. The molecule has 0 amide bonds. The summed E-state index contributed by atoms with van der Waals surface area (Å²) in [5, 5.41) is 9.19. The third kappa shape index (κ3) is 2.46. The first-order valence-electron chi connectivity index (χ1n) is 3.22. The van der Waals surface area contributed by atoms with Gasteiger partial charge in [0.2, 0.25) is 0 Å². The van der Waals surface area contributed by atoms with Crippen molar-refractivity contribution >= 4 is 0 Å². The van der Waals surface area contributed by atoms with Crippen LogP contribution in [0.15, 0.2) is 36.9 Å². The number of phenolic OH excluding ortho intramolecular Hbond substituents is 1. The van der Waals surface area contributed by atoms with Gasteiger partial charge in [-0.3, -0.25) is 0 Å². The van der Waals surface area contributed by atoms with Crippen molar-refractivity contribution in [3.8, 4) is 5.75 Å². The molecule has 0 spiro atoms. The van der Waals surface area contributed by atoms with Crippen LogP contribution in [0.4, 0.5) is 0 Å². The molecular weight excluding hydrogens is 136 g/mol. The van der Waals surface area contributed by atoms with Crippen LogP contribution >= 0.6 is 0 Å². The van der Waals surface area contributed by atoms with E-state index in [-0.39, 0.29) is 7.43 Å². The molecule has 0 saturated heterocycles. The van der Waals surface area contributed by atoms with Gasteiger partial charge >= 0.3 is 0 Å². The summed E-state index contributed by atoms with van der Waals surface area (Å²) in [4.78, 5) is 0. The molecule has 0 aliphatic heterocycles. The van der Waals surface area contributed by atoms with Crippen molar-refractivity contribution < 1.29 is 5.11 Å². The van der Waals surface area contributed by atoms with Crippen molar-refractivity contribution in [2.75, 3.05) is 0 Å². The van der Waals surface area contributed by atoms with Gasteiger partial charge in [-0.05, 0) is 25.5 Å². The largest absolute Gasteiger partial charge is 0.508 e. The zero-order valence-electron chi connectivity index (χ0n) is 6.33. The summed E-state index contributed by atoms with van der Waals surface area (Å²) < 4.78 is 0. The Balaban J connectivity index is 0.000001000. The summed E-state index contributed by atoms with van der Waals surface area (Å²) >= 11 is 0. The van der Waals surface area contributed by atoms with E-state index in [0.717, 1.165) is 12.0 Å². The topological polar surface area (TPSA) is 20.2 Å². The maximum absolute atomic E-state index is 9.19. The smallest absolute Gasteiger partial charge is 0.119 e. The number of allylic oxidation sites excluding steroid dienone is 1. The minimum atomic E-state index is 0. The normalized spacial score (nSPS) is 8.36. The minimum absolute atomic E-state index is 0. The highest BCUT2D eigenvalue weighted by atomic mass is 16.3. The molecule has 11 heavy (non-hydrogen) atoms. The second kappa shape index (κ2) is 4.56. The maximum Gasteiger partial charge on any atom is 0.119 e. The summed E-state index contributed by atoms with van der Waals surface area (Å²) in [5.74, 6) is 0.349. The van der Waals surface area contributed by atoms with Gasteiger partial charge in [0.05, 0.1) is 0 Å². The standard InChI is InChI=1S/C9H10O.CH/c1-2-5-8-6-3-4-7-9(8)10;/h2-4,6-7,10H,1,5H2;1H. The lowest BCUT2D eigenvalue weighted by molar-refractivity contribution is 0.470. The van der Waals surface area contributed by atoms with Crippen molar-refractivity contribution in [3.63, 3.8) is 0 Å². The summed E-state index contributed by atoms with van der Waals surface area (Å²) in [6.07, 6.45) is 2.50. The van der Waals surface area contributed by atoms with E-state index in [1.807, 2.05) is 18.2 Å². The SMILES string of the molecule is C=CCc1ccccc1O.[CH]. The van der Waals surface area contributed by atoms with Gasteiger partial charge in [0.15, 0.2) is 0 Å². The molecule has 0 saturated carbocycles. The first-order valence-corrected chi connectivity index (χ1v) is 3.22. The summed E-state index contributed by atoms with van der Waals surface area (Å²) in [6.45, 7) is 3.59. The monoisotopic (exact) mass is 147 g/mol. The predicted octanol–water partition coefficient (Wildman–Crippen LogP) is 2.32. The van der Waals surface area contributed by atoms with Crippen molar-refractivity contribution in [1.29, 1.82) is 0 Å². The number of para-hydroxylation sites is 1. The van der Waals surface area contributed by atoms with E-state index in [4.69, 9.17) is 0 Å². The molecule has 1 rings (SSSR count). The van der Waals surface area contributed by atoms with E-state index < -0.39 is 0 Å². The Labute approximate surface area is 68.0 Å². The average molecular weight is 147 g/mol. The van der Waals surface area contributed by atoms with Crippen LogP contribution in [0.2, 0.25) is 0 Å². The molecule has 1 heteroatoms. The zero-order chi connectivity index (χ0) is 7.40. The van der Waals surface area contributed by atoms with E-state index in [0.29, 0.717) is 5.75 Å². The van der Waals surface area contributed by atoms with E-state index in [1.54, 1.807) is 12.1 Å². The molecule has 0 atom stereocenters. The highest BCUT2D eigenvalue weighted by Gasteiger charge is 1.93. The van der Waals surface area contributed by atoms with Crippen LogP contribution in [-0.2, 0) is 6.42 Å².